The van der Waals surface area contributed by atoms with Crippen molar-refractivity contribution in [2.75, 3.05) is 18.6 Å². The Bertz CT molecular complexity index is 436. The van der Waals surface area contributed by atoms with E-state index in [9.17, 15) is 9.18 Å². The summed E-state index contributed by atoms with van der Waals surface area (Å²) in [5.41, 5.74) is 0.673. The fourth-order valence-electron chi connectivity index (χ4n) is 1.95. The zero-order chi connectivity index (χ0) is 12.4. The summed E-state index contributed by atoms with van der Waals surface area (Å²) in [6.07, 6.45) is 0.574. The van der Waals surface area contributed by atoms with Gasteiger partial charge in [0.1, 0.15) is 18.2 Å². The largest absolute Gasteiger partial charge is 0.489 e. The number of hydrogen-bond donors (Lipinski definition) is 1. The first-order valence-corrected chi connectivity index (χ1v) is 5.45. The number of carboxylic acid groups (broad SMARTS) is 1. The quantitative estimate of drug-likeness (QED) is 0.875. The van der Waals surface area contributed by atoms with Gasteiger partial charge in [-0.15, -0.1) is 0 Å². The van der Waals surface area contributed by atoms with Gasteiger partial charge in [-0.3, -0.25) is 4.79 Å². The van der Waals surface area contributed by atoms with Crippen LogP contribution in [0.15, 0.2) is 18.2 Å². The third kappa shape index (κ3) is 2.49. The minimum Gasteiger partial charge on any atom is -0.489 e. The first kappa shape index (κ1) is 11.7. The lowest BCUT2D eigenvalue weighted by atomic mass is 10.1. The Balaban J connectivity index is 2.14. The van der Waals surface area contributed by atoms with E-state index < -0.39 is 5.97 Å². The molecule has 1 unspecified atom stereocenters. The van der Waals surface area contributed by atoms with Gasteiger partial charge in [-0.2, -0.15) is 0 Å². The SMILES string of the molecule is CN1c2cc(F)ccc2OCC1CCC(=O)O. The molecule has 0 bridgehead atoms. The van der Waals surface area contributed by atoms with Crippen molar-refractivity contribution < 1.29 is 19.0 Å². The molecular weight excluding hydrogens is 225 g/mol. The first-order chi connectivity index (χ1) is 8.08. The van der Waals surface area contributed by atoms with E-state index in [0.717, 1.165) is 0 Å². The third-order valence-electron chi connectivity index (χ3n) is 2.97. The molecule has 1 atom stereocenters. The van der Waals surface area contributed by atoms with Crippen molar-refractivity contribution in [1.29, 1.82) is 0 Å². The van der Waals surface area contributed by atoms with E-state index in [-0.39, 0.29) is 18.3 Å². The standard InChI is InChI=1S/C12H14FNO3/c1-14-9(3-5-12(15)16)7-17-11-4-2-8(13)6-10(11)14/h2,4,6,9H,3,5,7H2,1H3,(H,15,16). The molecule has 1 aromatic carbocycles. The molecule has 0 aromatic heterocycles. The highest BCUT2D eigenvalue weighted by molar-refractivity contribution is 5.67. The maximum Gasteiger partial charge on any atom is 0.303 e. The van der Waals surface area contributed by atoms with Gasteiger partial charge < -0.3 is 14.7 Å². The van der Waals surface area contributed by atoms with Gasteiger partial charge in [0, 0.05) is 19.5 Å². The summed E-state index contributed by atoms with van der Waals surface area (Å²) in [6, 6.07) is 4.32. The van der Waals surface area contributed by atoms with E-state index >= 15 is 0 Å². The minimum atomic E-state index is -0.830. The molecule has 0 aliphatic carbocycles. The maximum atomic E-state index is 13.1. The van der Waals surface area contributed by atoms with Crippen molar-refractivity contribution in [2.24, 2.45) is 0 Å². The zero-order valence-corrected chi connectivity index (χ0v) is 9.52. The third-order valence-corrected chi connectivity index (χ3v) is 2.97. The van der Waals surface area contributed by atoms with E-state index in [1.54, 1.807) is 6.07 Å². The highest BCUT2D eigenvalue weighted by Crippen LogP contribution is 2.34. The second kappa shape index (κ2) is 4.61. The lowest BCUT2D eigenvalue weighted by Gasteiger charge is -2.35. The van der Waals surface area contributed by atoms with Crippen LogP contribution in [-0.2, 0) is 4.79 Å². The van der Waals surface area contributed by atoms with Gasteiger partial charge in [0.15, 0.2) is 0 Å². The Kier molecular flexibility index (Phi) is 3.17. The molecule has 0 radical (unpaired) electrons. The average molecular weight is 239 g/mol. The molecule has 2 rings (SSSR count). The van der Waals surface area contributed by atoms with Crippen LogP contribution in [0.25, 0.3) is 0 Å². The molecule has 5 heteroatoms. The van der Waals surface area contributed by atoms with Crippen LogP contribution in [0, 0.1) is 5.82 Å². The van der Waals surface area contributed by atoms with Crippen molar-refractivity contribution in [3.05, 3.63) is 24.0 Å². The van der Waals surface area contributed by atoms with Crippen molar-refractivity contribution >= 4 is 11.7 Å². The van der Waals surface area contributed by atoms with Crippen LogP contribution >= 0.6 is 0 Å². The molecule has 0 fully saturated rings. The van der Waals surface area contributed by atoms with Gasteiger partial charge >= 0.3 is 5.97 Å². The summed E-state index contributed by atoms with van der Waals surface area (Å²) in [5.74, 6) is -0.512. The lowest BCUT2D eigenvalue weighted by molar-refractivity contribution is -0.137. The van der Waals surface area contributed by atoms with Crippen LogP contribution in [0.2, 0.25) is 0 Å². The number of nitrogens with zero attached hydrogens (tertiary/aromatic N) is 1. The molecular formula is C12H14FNO3. The summed E-state index contributed by atoms with van der Waals surface area (Å²) < 4.78 is 18.6. The molecule has 1 aliphatic heterocycles. The summed E-state index contributed by atoms with van der Waals surface area (Å²) in [4.78, 5) is 12.4. The van der Waals surface area contributed by atoms with Crippen molar-refractivity contribution in [2.45, 2.75) is 18.9 Å². The van der Waals surface area contributed by atoms with E-state index in [2.05, 4.69) is 0 Å². The molecule has 4 nitrogen and oxygen atoms in total. The first-order valence-electron chi connectivity index (χ1n) is 5.45. The molecule has 0 saturated carbocycles. The van der Waals surface area contributed by atoms with Crippen LogP contribution in [-0.4, -0.2) is 30.8 Å². The highest BCUT2D eigenvalue weighted by Gasteiger charge is 2.25. The Morgan fingerprint density at radius 1 is 1.65 bits per heavy atom. The van der Waals surface area contributed by atoms with Gasteiger partial charge in [0.2, 0.25) is 0 Å². The zero-order valence-electron chi connectivity index (χ0n) is 9.52. The van der Waals surface area contributed by atoms with Crippen LogP contribution in [0.4, 0.5) is 10.1 Å². The second-order valence-electron chi connectivity index (χ2n) is 4.12. The Morgan fingerprint density at radius 2 is 2.41 bits per heavy atom. The number of rotatable bonds is 3. The Morgan fingerprint density at radius 3 is 3.12 bits per heavy atom. The summed E-state index contributed by atoms with van der Waals surface area (Å²) in [7, 11) is 1.83. The lowest BCUT2D eigenvalue weighted by Crippen LogP contribution is -2.40. The van der Waals surface area contributed by atoms with Gasteiger partial charge in [0.05, 0.1) is 11.7 Å². The molecule has 1 aliphatic rings. The number of likely N-dealkylation sites (N-methyl/N-ethyl adjacent to an activating group) is 1. The number of anilines is 1. The predicted octanol–water partition coefficient (Wildman–Crippen LogP) is 1.89. The smallest absolute Gasteiger partial charge is 0.303 e. The number of carboxylic acids is 1. The number of benzene rings is 1. The van der Waals surface area contributed by atoms with Crippen LogP contribution in [0.3, 0.4) is 0 Å². The molecule has 1 aromatic rings. The number of halogens is 1. The van der Waals surface area contributed by atoms with Crippen molar-refractivity contribution in [1.82, 2.24) is 0 Å². The van der Waals surface area contributed by atoms with E-state index in [1.165, 1.54) is 12.1 Å². The van der Waals surface area contributed by atoms with E-state index in [4.69, 9.17) is 9.84 Å². The van der Waals surface area contributed by atoms with Gasteiger partial charge in [0.25, 0.3) is 0 Å². The number of ether oxygens (including phenoxy) is 1. The fraction of sp³-hybridized carbons (Fsp3) is 0.417. The average Bonchev–Trinajstić information content (AvgIpc) is 2.29. The van der Waals surface area contributed by atoms with Gasteiger partial charge in [-0.05, 0) is 18.6 Å². The number of hydrogen-bond acceptors (Lipinski definition) is 3. The maximum absolute atomic E-state index is 13.1. The van der Waals surface area contributed by atoms with Crippen molar-refractivity contribution in [3.63, 3.8) is 0 Å². The molecule has 92 valence electrons. The Hall–Kier alpha value is -1.78. The van der Waals surface area contributed by atoms with Crippen molar-refractivity contribution in [3.8, 4) is 5.75 Å². The van der Waals surface area contributed by atoms with Crippen LogP contribution < -0.4 is 9.64 Å². The second-order valence-corrected chi connectivity index (χ2v) is 4.12. The van der Waals surface area contributed by atoms with E-state index in [1.807, 2.05) is 11.9 Å². The van der Waals surface area contributed by atoms with Crippen LogP contribution in [0.1, 0.15) is 12.8 Å². The summed E-state index contributed by atoms with van der Waals surface area (Å²) in [5, 5.41) is 8.65. The molecule has 1 heterocycles. The Labute approximate surface area is 98.6 Å². The summed E-state index contributed by atoms with van der Waals surface area (Å²) in [6.45, 7) is 0.433. The monoisotopic (exact) mass is 239 g/mol. The fourth-order valence-corrected chi connectivity index (χ4v) is 1.95. The minimum absolute atomic E-state index is 0.0274. The summed E-state index contributed by atoms with van der Waals surface area (Å²) >= 11 is 0. The molecule has 0 saturated heterocycles. The van der Waals surface area contributed by atoms with Gasteiger partial charge in [-0.25, -0.2) is 4.39 Å². The normalized spacial score (nSPS) is 18.5. The van der Waals surface area contributed by atoms with E-state index in [0.29, 0.717) is 24.5 Å². The number of aliphatic carboxylic acids is 1. The van der Waals surface area contributed by atoms with Crippen LogP contribution in [0.5, 0.6) is 5.75 Å². The molecule has 1 N–H and O–H groups in total. The number of fused-ring (bicyclic) bond motifs is 1. The molecule has 0 spiro atoms. The molecule has 17 heavy (non-hydrogen) atoms. The van der Waals surface area contributed by atoms with Gasteiger partial charge in [-0.1, -0.05) is 0 Å². The molecule has 0 amide bonds. The predicted molar refractivity (Wildman–Crippen MR) is 61.0 cm³/mol. The number of carbonyl (C=O) groups is 1. The highest BCUT2D eigenvalue weighted by atomic mass is 19.1. The topological polar surface area (TPSA) is 49.8 Å².